The maximum Gasteiger partial charge on any atom is 0.154 e. The van der Waals surface area contributed by atoms with Crippen LogP contribution in [0.1, 0.15) is 25.5 Å². The van der Waals surface area contributed by atoms with Crippen molar-refractivity contribution in [2.75, 3.05) is 24.5 Å². The predicted octanol–water partition coefficient (Wildman–Crippen LogP) is 3.76. The van der Waals surface area contributed by atoms with Crippen LogP contribution in [0.3, 0.4) is 0 Å². The molecule has 0 unspecified atom stereocenters. The number of rotatable bonds is 4. The van der Waals surface area contributed by atoms with E-state index in [4.69, 9.17) is 28.9 Å². The quantitative estimate of drug-likeness (QED) is 0.672. The first-order chi connectivity index (χ1) is 13.5. The topological polar surface area (TPSA) is 79.7 Å². The Balaban J connectivity index is 1.83. The van der Waals surface area contributed by atoms with Gasteiger partial charge in [-0.3, -0.25) is 4.40 Å². The van der Waals surface area contributed by atoms with Crippen molar-refractivity contribution in [2.24, 2.45) is 11.1 Å². The van der Waals surface area contributed by atoms with Gasteiger partial charge in [-0.1, -0.05) is 36.2 Å². The molecule has 2 aromatic heterocycles. The highest BCUT2D eigenvalue weighted by Gasteiger charge is 2.31. The average molecular weight is 420 g/mol. The number of piperidine rings is 1. The van der Waals surface area contributed by atoms with E-state index in [1.54, 1.807) is 12.3 Å². The average Bonchev–Trinajstić information content (AvgIpc) is 3.09. The van der Waals surface area contributed by atoms with E-state index >= 15 is 0 Å². The molecule has 1 fully saturated rings. The number of hydrogen-bond donors (Lipinski definition) is 2. The summed E-state index contributed by atoms with van der Waals surface area (Å²) in [7, 11) is 0. The molecule has 0 radical (unpaired) electrons. The largest absolute Gasteiger partial charge is 0.390 e. The van der Waals surface area contributed by atoms with Gasteiger partial charge < -0.3 is 15.7 Å². The third-order valence-corrected chi connectivity index (χ3v) is 6.53. The summed E-state index contributed by atoms with van der Waals surface area (Å²) >= 11 is 12.6. The number of nitrogens with zero attached hydrogens (tertiary/aromatic N) is 4. The third-order valence-electron chi connectivity index (χ3n) is 5.71. The van der Waals surface area contributed by atoms with E-state index in [2.05, 4.69) is 21.8 Å². The molecule has 0 spiro atoms. The van der Waals surface area contributed by atoms with Crippen LogP contribution in [0.15, 0.2) is 30.6 Å². The van der Waals surface area contributed by atoms with Crippen molar-refractivity contribution in [3.8, 4) is 11.4 Å². The van der Waals surface area contributed by atoms with Crippen molar-refractivity contribution in [3.05, 3.63) is 46.3 Å². The molecule has 4 rings (SSSR count). The van der Waals surface area contributed by atoms with Crippen LogP contribution in [0.25, 0.3) is 16.9 Å². The highest BCUT2D eigenvalue weighted by Crippen LogP contribution is 2.37. The standard InChI is InChI=1S/C20H23Cl2N5O/c1-20(12-23)5-8-26(9-6-20)19-17-15(11-28)25-18(27(17)10-7-24-19)13-3-2-4-14(21)16(13)22/h2-4,7,10,28H,5-6,8-9,11-12,23H2,1H3. The minimum Gasteiger partial charge on any atom is -0.390 e. The molecular formula is C20H23Cl2N5O. The van der Waals surface area contributed by atoms with Crippen LogP contribution in [0.4, 0.5) is 5.82 Å². The Morgan fingerprint density at radius 1 is 1.25 bits per heavy atom. The molecule has 8 heteroatoms. The van der Waals surface area contributed by atoms with Gasteiger partial charge in [0.25, 0.3) is 0 Å². The number of halogens is 2. The van der Waals surface area contributed by atoms with Gasteiger partial charge in [0.15, 0.2) is 5.82 Å². The number of aromatic nitrogens is 3. The summed E-state index contributed by atoms with van der Waals surface area (Å²) in [5.41, 5.74) is 8.20. The van der Waals surface area contributed by atoms with E-state index in [0.29, 0.717) is 28.1 Å². The molecule has 0 saturated carbocycles. The number of fused-ring (bicyclic) bond motifs is 1. The van der Waals surface area contributed by atoms with Gasteiger partial charge in [0.1, 0.15) is 11.3 Å². The van der Waals surface area contributed by atoms with Crippen LogP contribution in [0.2, 0.25) is 10.0 Å². The first-order valence-corrected chi connectivity index (χ1v) is 10.1. The predicted molar refractivity (Wildman–Crippen MR) is 113 cm³/mol. The fourth-order valence-electron chi connectivity index (χ4n) is 3.76. The highest BCUT2D eigenvalue weighted by atomic mass is 35.5. The van der Waals surface area contributed by atoms with E-state index < -0.39 is 0 Å². The van der Waals surface area contributed by atoms with Gasteiger partial charge >= 0.3 is 0 Å². The van der Waals surface area contributed by atoms with E-state index in [1.807, 2.05) is 22.7 Å². The monoisotopic (exact) mass is 419 g/mol. The number of imidazole rings is 1. The van der Waals surface area contributed by atoms with E-state index in [-0.39, 0.29) is 12.0 Å². The summed E-state index contributed by atoms with van der Waals surface area (Å²) in [6.45, 7) is 4.46. The number of hydrogen-bond acceptors (Lipinski definition) is 5. The number of nitrogens with two attached hydrogens (primary N) is 1. The Bertz CT molecular complexity index is 1010. The van der Waals surface area contributed by atoms with Gasteiger partial charge in [0.05, 0.1) is 22.3 Å². The van der Waals surface area contributed by atoms with Crippen molar-refractivity contribution in [2.45, 2.75) is 26.4 Å². The Morgan fingerprint density at radius 3 is 2.68 bits per heavy atom. The van der Waals surface area contributed by atoms with Gasteiger partial charge in [-0.2, -0.15) is 0 Å². The molecule has 1 saturated heterocycles. The molecule has 0 bridgehead atoms. The number of benzene rings is 1. The maximum absolute atomic E-state index is 9.97. The van der Waals surface area contributed by atoms with Gasteiger partial charge in [0.2, 0.25) is 0 Å². The second-order valence-electron chi connectivity index (χ2n) is 7.61. The zero-order valence-corrected chi connectivity index (χ0v) is 17.2. The van der Waals surface area contributed by atoms with Crippen LogP contribution in [-0.2, 0) is 6.61 Å². The van der Waals surface area contributed by atoms with Crippen LogP contribution >= 0.6 is 23.2 Å². The fourth-order valence-corrected chi connectivity index (χ4v) is 4.15. The summed E-state index contributed by atoms with van der Waals surface area (Å²) in [4.78, 5) is 11.5. The molecule has 1 aliphatic heterocycles. The number of anilines is 1. The smallest absolute Gasteiger partial charge is 0.154 e. The maximum atomic E-state index is 9.97. The molecule has 148 valence electrons. The van der Waals surface area contributed by atoms with Crippen LogP contribution in [0, 0.1) is 5.41 Å². The summed E-state index contributed by atoms with van der Waals surface area (Å²) < 4.78 is 1.93. The molecule has 0 aliphatic carbocycles. The highest BCUT2D eigenvalue weighted by molar-refractivity contribution is 6.43. The van der Waals surface area contributed by atoms with Gasteiger partial charge in [-0.05, 0) is 36.9 Å². The van der Waals surface area contributed by atoms with Crippen LogP contribution < -0.4 is 10.6 Å². The Morgan fingerprint density at radius 2 is 2.00 bits per heavy atom. The lowest BCUT2D eigenvalue weighted by atomic mass is 9.80. The number of aliphatic hydroxyl groups is 1. The summed E-state index contributed by atoms with van der Waals surface area (Å²) in [5.74, 6) is 1.46. The zero-order valence-electron chi connectivity index (χ0n) is 15.7. The van der Waals surface area contributed by atoms with Crippen molar-refractivity contribution in [3.63, 3.8) is 0 Å². The second-order valence-corrected chi connectivity index (χ2v) is 8.40. The SMILES string of the molecule is CC1(CN)CCN(c2nccn3c(-c4cccc(Cl)c4Cl)nc(CO)c23)CC1. The van der Waals surface area contributed by atoms with Crippen LogP contribution in [-0.4, -0.2) is 39.1 Å². The lowest BCUT2D eigenvalue weighted by Crippen LogP contribution is -2.42. The zero-order chi connectivity index (χ0) is 19.9. The van der Waals surface area contributed by atoms with Crippen molar-refractivity contribution in [1.82, 2.24) is 14.4 Å². The van der Waals surface area contributed by atoms with Crippen molar-refractivity contribution < 1.29 is 5.11 Å². The van der Waals surface area contributed by atoms with Crippen molar-refractivity contribution in [1.29, 1.82) is 0 Å². The normalized spacial score (nSPS) is 16.7. The van der Waals surface area contributed by atoms with Gasteiger partial charge in [-0.15, -0.1) is 0 Å². The van der Waals surface area contributed by atoms with Gasteiger partial charge in [-0.25, -0.2) is 9.97 Å². The lowest BCUT2D eigenvalue weighted by molar-refractivity contribution is 0.258. The van der Waals surface area contributed by atoms with Crippen molar-refractivity contribution >= 4 is 34.5 Å². The van der Waals surface area contributed by atoms with E-state index in [1.165, 1.54) is 0 Å². The summed E-state index contributed by atoms with van der Waals surface area (Å²) in [5, 5.41) is 10.9. The molecule has 3 N–H and O–H groups in total. The van der Waals surface area contributed by atoms with E-state index in [9.17, 15) is 5.11 Å². The molecule has 0 atom stereocenters. The lowest BCUT2D eigenvalue weighted by Gasteiger charge is -2.39. The Kier molecular flexibility index (Phi) is 5.22. The summed E-state index contributed by atoms with van der Waals surface area (Å²) in [6, 6.07) is 5.45. The minimum absolute atomic E-state index is 0.168. The fraction of sp³-hybridized carbons (Fsp3) is 0.400. The molecule has 1 aromatic carbocycles. The molecule has 3 heterocycles. The minimum atomic E-state index is -0.186. The molecule has 6 nitrogen and oxygen atoms in total. The van der Waals surface area contributed by atoms with Gasteiger partial charge in [0, 0.05) is 31.0 Å². The Hall–Kier alpha value is -1.86. The first-order valence-electron chi connectivity index (χ1n) is 9.33. The molecular weight excluding hydrogens is 397 g/mol. The molecule has 3 aromatic rings. The molecule has 1 aliphatic rings. The van der Waals surface area contributed by atoms with E-state index in [0.717, 1.165) is 42.8 Å². The first kappa shape index (κ1) is 19.5. The molecule has 28 heavy (non-hydrogen) atoms. The second kappa shape index (κ2) is 7.52. The molecule has 0 amide bonds. The Labute approximate surface area is 173 Å². The van der Waals surface area contributed by atoms with Crippen LogP contribution in [0.5, 0.6) is 0 Å². The number of aliphatic hydroxyl groups excluding tert-OH is 1. The third kappa shape index (κ3) is 3.24. The summed E-state index contributed by atoms with van der Waals surface area (Å²) in [6.07, 6.45) is 5.60.